The Morgan fingerprint density at radius 2 is 2.05 bits per heavy atom. The van der Waals surface area contributed by atoms with Crippen LogP contribution in [-0.4, -0.2) is 19.3 Å². The van der Waals surface area contributed by atoms with Crippen LogP contribution >= 0.6 is 27.7 Å². The lowest BCUT2D eigenvalue weighted by Gasteiger charge is -2.04. The molecule has 0 atom stereocenters. The Kier molecular flexibility index (Phi) is 3.41. The van der Waals surface area contributed by atoms with Gasteiger partial charge in [0.1, 0.15) is 9.63 Å². The Hall–Kier alpha value is -1.93. The van der Waals surface area contributed by atoms with Crippen molar-refractivity contribution < 1.29 is 4.92 Å². The van der Waals surface area contributed by atoms with E-state index in [1.165, 1.54) is 23.9 Å². The Morgan fingerprint density at radius 3 is 2.75 bits per heavy atom. The highest BCUT2D eigenvalue weighted by Gasteiger charge is 2.10. The van der Waals surface area contributed by atoms with Gasteiger partial charge in [0.15, 0.2) is 5.65 Å². The van der Waals surface area contributed by atoms with Gasteiger partial charge >= 0.3 is 0 Å². The number of non-ortho nitro benzene ring substituents is 1. The summed E-state index contributed by atoms with van der Waals surface area (Å²) in [6.07, 6.45) is 5.35. The number of rotatable bonds is 3. The maximum atomic E-state index is 10.6. The van der Waals surface area contributed by atoms with Crippen LogP contribution in [0.4, 0.5) is 5.69 Å². The quantitative estimate of drug-likeness (QED) is 0.533. The number of hydrogen-bond acceptors (Lipinski definition) is 5. The molecule has 0 N–H and O–H groups in total. The molecule has 0 aliphatic rings. The maximum Gasteiger partial charge on any atom is 0.269 e. The van der Waals surface area contributed by atoms with Crippen molar-refractivity contribution in [2.45, 2.75) is 9.92 Å². The third-order valence-corrected chi connectivity index (χ3v) is 3.93. The van der Waals surface area contributed by atoms with E-state index in [-0.39, 0.29) is 5.69 Å². The van der Waals surface area contributed by atoms with E-state index in [1.807, 2.05) is 16.8 Å². The molecule has 1 aromatic carbocycles. The number of benzene rings is 1. The highest BCUT2D eigenvalue weighted by Crippen LogP contribution is 2.30. The Morgan fingerprint density at radius 1 is 1.30 bits per heavy atom. The van der Waals surface area contributed by atoms with Crippen molar-refractivity contribution in [3.8, 4) is 0 Å². The van der Waals surface area contributed by atoms with Crippen molar-refractivity contribution >= 4 is 39.0 Å². The van der Waals surface area contributed by atoms with E-state index in [1.54, 1.807) is 18.3 Å². The summed E-state index contributed by atoms with van der Waals surface area (Å²) in [6, 6.07) is 6.35. The third kappa shape index (κ3) is 2.52. The lowest BCUT2D eigenvalue weighted by molar-refractivity contribution is -0.384. The predicted octanol–water partition coefficient (Wildman–Crippen LogP) is 3.55. The topological polar surface area (TPSA) is 73.3 Å². The first-order valence-corrected chi connectivity index (χ1v) is 7.16. The van der Waals surface area contributed by atoms with E-state index < -0.39 is 4.92 Å². The Labute approximate surface area is 126 Å². The van der Waals surface area contributed by atoms with Gasteiger partial charge in [-0.25, -0.2) is 9.97 Å². The number of halogens is 1. The molecule has 0 spiro atoms. The Balaban J connectivity index is 1.96. The van der Waals surface area contributed by atoms with Crippen LogP contribution < -0.4 is 0 Å². The van der Waals surface area contributed by atoms with Gasteiger partial charge in [0.25, 0.3) is 5.69 Å². The molecule has 20 heavy (non-hydrogen) atoms. The monoisotopic (exact) mass is 350 g/mol. The predicted molar refractivity (Wildman–Crippen MR) is 77.9 cm³/mol. The third-order valence-electron chi connectivity index (χ3n) is 2.58. The number of aromatic nitrogens is 3. The second kappa shape index (κ2) is 5.22. The molecule has 2 aromatic heterocycles. The highest BCUT2D eigenvalue weighted by molar-refractivity contribution is 9.10. The summed E-state index contributed by atoms with van der Waals surface area (Å²) in [6.45, 7) is 0. The van der Waals surface area contributed by atoms with E-state index in [4.69, 9.17) is 0 Å². The molecule has 0 aliphatic carbocycles. The van der Waals surface area contributed by atoms with Gasteiger partial charge in [-0.15, -0.1) is 0 Å². The van der Waals surface area contributed by atoms with Gasteiger partial charge in [-0.1, -0.05) is 11.8 Å². The minimum atomic E-state index is -0.418. The largest absolute Gasteiger partial charge is 0.302 e. The zero-order chi connectivity index (χ0) is 14.1. The van der Waals surface area contributed by atoms with Crippen LogP contribution in [0.5, 0.6) is 0 Å². The summed E-state index contributed by atoms with van der Waals surface area (Å²) >= 11 is 4.76. The minimum absolute atomic E-state index is 0.0718. The number of nitro benzene ring substituents is 1. The average Bonchev–Trinajstić information content (AvgIpc) is 2.87. The van der Waals surface area contributed by atoms with Crippen LogP contribution in [0.2, 0.25) is 0 Å². The molecule has 3 rings (SSSR count). The van der Waals surface area contributed by atoms with E-state index in [2.05, 4.69) is 25.9 Å². The van der Waals surface area contributed by atoms with Gasteiger partial charge in [0.2, 0.25) is 0 Å². The average molecular weight is 351 g/mol. The summed E-state index contributed by atoms with van der Waals surface area (Å²) in [5, 5.41) is 11.4. The summed E-state index contributed by atoms with van der Waals surface area (Å²) in [4.78, 5) is 19.7. The van der Waals surface area contributed by atoms with Crippen molar-refractivity contribution in [3.05, 3.63) is 57.6 Å². The molecule has 0 bridgehead atoms. The standard InChI is InChI=1S/C12H7BrN4O2S/c13-10-7-16-6-5-14-11(16)12(15-10)20-9-3-1-8(2-4-9)17(18)19/h1-7H. The van der Waals surface area contributed by atoms with Crippen LogP contribution in [0.3, 0.4) is 0 Å². The molecule has 0 saturated carbocycles. The van der Waals surface area contributed by atoms with Crippen LogP contribution in [0.25, 0.3) is 5.65 Å². The summed E-state index contributed by atoms with van der Waals surface area (Å²) < 4.78 is 2.57. The van der Waals surface area contributed by atoms with Crippen molar-refractivity contribution in [2.24, 2.45) is 0 Å². The molecule has 100 valence electrons. The molecule has 0 amide bonds. The summed E-state index contributed by atoms with van der Waals surface area (Å²) in [5.41, 5.74) is 0.819. The minimum Gasteiger partial charge on any atom is -0.302 e. The Bertz CT molecular complexity index is 788. The number of fused-ring (bicyclic) bond motifs is 1. The van der Waals surface area contributed by atoms with Gasteiger partial charge < -0.3 is 4.40 Å². The van der Waals surface area contributed by atoms with Gasteiger partial charge in [0, 0.05) is 35.6 Å². The molecular formula is C12H7BrN4O2S. The van der Waals surface area contributed by atoms with E-state index in [0.717, 1.165) is 15.6 Å². The van der Waals surface area contributed by atoms with E-state index in [0.29, 0.717) is 4.60 Å². The number of nitrogens with zero attached hydrogens (tertiary/aromatic N) is 4. The van der Waals surface area contributed by atoms with Crippen molar-refractivity contribution in [1.29, 1.82) is 0 Å². The highest BCUT2D eigenvalue weighted by atomic mass is 79.9. The SMILES string of the molecule is O=[N+]([O-])c1ccc(Sc2nc(Br)cn3ccnc23)cc1. The van der Waals surface area contributed by atoms with Crippen LogP contribution in [-0.2, 0) is 0 Å². The molecule has 0 unspecified atom stereocenters. The fraction of sp³-hybridized carbons (Fsp3) is 0. The molecular weight excluding hydrogens is 344 g/mol. The first-order valence-electron chi connectivity index (χ1n) is 5.55. The van der Waals surface area contributed by atoms with Gasteiger partial charge in [-0.2, -0.15) is 0 Å². The van der Waals surface area contributed by atoms with Crippen molar-refractivity contribution in [1.82, 2.24) is 14.4 Å². The van der Waals surface area contributed by atoms with E-state index in [9.17, 15) is 10.1 Å². The second-order valence-corrected chi connectivity index (χ2v) is 5.75. The lowest BCUT2D eigenvalue weighted by Crippen LogP contribution is -1.91. The van der Waals surface area contributed by atoms with Crippen LogP contribution in [0.1, 0.15) is 0 Å². The molecule has 0 saturated heterocycles. The molecule has 0 aliphatic heterocycles. The molecule has 0 radical (unpaired) electrons. The molecule has 2 heterocycles. The molecule has 8 heteroatoms. The van der Waals surface area contributed by atoms with Crippen LogP contribution in [0, 0.1) is 10.1 Å². The van der Waals surface area contributed by atoms with Gasteiger partial charge in [-0.05, 0) is 28.1 Å². The first kappa shape index (κ1) is 13.1. The van der Waals surface area contributed by atoms with Crippen molar-refractivity contribution in [3.63, 3.8) is 0 Å². The number of imidazole rings is 1. The normalized spacial score (nSPS) is 10.8. The summed E-state index contributed by atoms with van der Waals surface area (Å²) in [5.74, 6) is 0. The number of nitro groups is 1. The molecule has 0 fully saturated rings. The zero-order valence-corrected chi connectivity index (χ0v) is 12.3. The fourth-order valence-electron chi connectivity index (χ4n) is 1.69. The first-order chi connectivity index (χ1) is 9.63. The van der Waals surface area contributed by atoms with Crippen LogP contribution in [0.15, 0.2) is 57.4 Å². The maximum absolute atomic E-state index is 10.6. The smallest absolute Gasteiger partial charge is 0.269 e. The molecule has 3 aromatic rings. The molecule has 6 nitrogen and oxygen atoms in total. The zero-order valence-electron chi connectivity index (χ0n) is 9.93. The summed E-state index contributed by atoms with van der Waals surface area (Å²) in [7, 11) is 0. The fourth-order valence-corrected chi connectivity index (χ4v) is 3.09. The number of hydrogen-bond donors (Lipinski definition) is 0. The van der Waals surface area contributed by atoms with Crippen molar-refractivity contribution in [2.75, 3.05) is 0 Å². The van der Waals surface area contributed by atoms with E-state index >= 15 is 0 Å². The van der Waals surface area contributed by atoms with Gasteiger partial charge in [-0.3, -0.25) is 10.1 Å². The second-order valence-electron chi connectivity index (χ2n) is 3.88. The lowest BCUT2D eigenvalue weighted by atomic mass is 10.3. The van der Waals surface area contributed by atoms with Gasteiger partial charge in [0.05, 0.1) is 4.92 Å².